The molecule has 2 aromatic rings. The highest BCUT2D eigenvalue weighted by Crippen LogP contribution is 2.33. The fourth-order valence-electron chi connectivity index (χ4n) is 4.08. The molecule has 3 atom stereocenters. The Kier molecular flexibility index (Phi) is 5.45. The summed E-state index contributed by atoms with van der Waals surface area (Å²) in [6.45, 7) is 4.52. The van der Waals surface area contributed by atoms with Gasteiger partial charge in [-0.15, -0.1) is 0 Å². The van der Waals surface area contributed by atoms with Gasteiger partial charge in [0.25, 0.3) is 0 Å². The minimum atomic E-state index is 0.224. The first-order valence-corrected chi connectivity index (χ1v) is 9.39. The summed E-state index contributed by atoms with van der Waals surface area (Å²) in [6.07, 6.45) is 7.53. The van der Waals surface area contributed by atoms with Gasteiger partial charge in [-0.2, -0.15) is 5.10 Å². The van der Waals surface area contributed by atoms with Crippen molar-refractivity contribution in [1.82, 2.24) is 14.7 Å². The number of benzene rings is 1. The van der Waals surface area contributed by atoms with Crippen LogP contribution < -0.4 is 0 Å². The van der Waals surface area contributed by atoms with Gasteiger partial charge in [0.15, 0.2) is 0 Å². The normalized spacial score (nSPS) is 26.6. The van der Waals surface area contributed by atoms with Crippen LogP contribution in [0.3, 0.4) is 0 Å². The molecule has 1 aliphatic heterocycles. The second kappa shape index (κ2) is 8.13. The SMILES string of the molecule is c1ccc(CN2CCO[C@H]3[C@H]2CC[C@H]3OCCCn2cccn2)cc1. The molecule has 1 aromatic carbocycles. The van der Waals surface area contributed by atoms with Gasteiger partial charge in [0, 0.05) is 44.7 Å². The first-order chi connectivity index (χ1) is 12.4. The zero-order chi connectivity index (χ0) is 16.9. The van der Waals surface area contributed by atoms with Crippen molar-refractivity contribution in [2.75, 3.05) is 19.8 Å². The fourth-order valence-corrected chi connectivity index (χ4v) is 4.08. The number of rotatable bonds is 7. The van der Waals surface area contributed by atoms with E-state index in [1.165, 1.54) is 12.0 Å². The summed E-state index contributed by atoms with van der Waals surface area (Å²) in [6, 6.07) is 13.2. The highest BCUT2D eigenvalue weighted by atomic mass is 16.5. The molecule has 0 unspecified atom stereocenters. The first kappa shape index (κ1) is 16.8. The predicted octanol–water partition coefficient (Wildman–Crippen LogP) is 2.72. The van der Waals surface area contributed by atoms with Crippen LogP contribution in [-0.4, -0.2) is 52.7 Å². The van der Waals surface area contributed by atoms with Crippen LogP contribution >= 0.6 is 0 Å². The van der Waals surface area contributed by atoms with Crippen molar-refractivity contribution in [3.8, 4) is 0 Å². The monoisotopic (exact) mass is 341 g/mol. The Balaban J connectivity index is 1.27. The van der Waals surface area contributed by atoms with Gasteiger partial charge in [-0.3, -0.25) is 9.58 Å². The molecule has 25 heavy (non-hydrogen) atoms. The molecule has 134 valence electrons. The maximum absolute atomic E-state index is 6.18. The summed E-state index contributed by atoms with van der Waals surface area (Å²) < 4.78 is 14.2. The minimum Gasteiger partial charge on any atom is -0.375 e. The third-order valence-corrected chi connectivity index (χ3v) is 5.30. The van der Waals surface area contributed by atoms with E-state index in [9.17, 15) is 0 Å². The number of ether oxygens (including phenoxy) is 2. The van der Waals surface area contributed by atoms with Gasteiger partial charge >= 0.3 is 0 Å². The number of hydrogen-bond donors (Lipinski definition) is 0. The van der Waals surface area contributed by atoms with Gasteiger partial charge in [0.05, 0.1) is 18.8 Å². The van der Waals surface area contributed by atoms with E-state index in [2.05, 4.69) is 40.3 Å². The number of fused-ring (bicyclic) bond motifs is 1. The van der Waals surface area contributed by atoms with Crippen LogP contribution in [0.2, 0.25) is 0 Å². The molecular weight excluding hydrogens is 314 g/mol. The molecule has 0 radical (unpaired) electrons. The molecule has 1 saturated carbocycles. The molecule has 1 saturated heterocycles. The summed E-state index contributed by atoms with van der Waals surface area (Å²) in [5.41, 5.74) is 1.38. The highest BCUT2D eigenvalue weighted by molar-refractivity contribution is 5.15. The Morgan fingerprint density at radius 3 is 2.92 bits per heavy atom. The number of hydrogen-bond acceptors (Lipinski definition) is 4. The summed E-state index contributed by atoms with van der Waals surface area (Å²) in [5.74, 6) is 0. The molecule has 2 fully saturated rings. The Labute approximate surface area is 149 Å². The van der Waals surface area contributed by atoms with Crippen LogP contribution in [0, 0.1) is 0 Å². The number of aromatic nitrogens is 2. The van der Waals surface area contributed by atoms with E-state index >= 15 is 0 Å². The van der Waals surface area contributed by atoms with E-state index in [4.69, 9.17) is 9.47 Å². The van der Waals surface area contributed by atoms with Crippen LogP contribution in [0.5, 0.6) is 0 Å². The lowest BCUT2D eigenvalue weighted by Gasteiger charge is -2.39. The van der Waals surface area contributed by atoms with Crippen LogP contribution in [0.4, 0.5) is 0 Å². The fraction of sp³-hybridized carbons (Fsp3) is 0.550. The van der Waals surface area contributed by atoms with Crippen molar-refractivity contribution in [2.45, 2.75) is 50.6 Å². The van der Waals surface area contributed by atoms with E-state index < -0.39 is 0 Å². The number of nitrogens with zero attached hydrogens (tertiary/aromatic N) is 3. The van der Waals surface area contributed by atoms with Crippen LogP contribution in [0.1, 0.15) is 24.8 Å². The van der Waals surface area contributed by atoms with Crippen LogP contribution in [0.15, 0.2) is 48.8 Å². The van der Waals surface area contributed by atoms with Crippen molar-refractivity contribution < 1.29 is 9.47 Å². The maximum Gasteiger partial charge on any atom is 0.0992 e. The molecule has 0 amide bonds. The molecule has 0 bridgehead atoms. The highest BCUT2D eigenvalue weighted by Gasteiger charge is 2.43. The average Bonchev–Trinajstić information content (AvgIpc) is 3.30. The first-order valence-electron chi connectivity index (χ1n) is 9.39. The van der Waals surface area contributed by atoms with Gasteiger partial charge in [-0.05, 0) is 30.9 Å². The van der Waals surface area contributed by atoms with Crippen molar-refractivity contribution in [3.63, 3.8) is 0 Å². The van der Waals surface area contributed by atoms with Gasteiger partial charge < -0.3 is 9.47 Å². The van der Waals surface area contributed by atoms with Gasteiger partial charge in [-0.25, -0.2) is 0 Å². The van der Waals surface area contributed by atoms with E-state index in [0.29, 0.717) is 6.04 Å². The number of morpholine rings is 1. The predicted molar refractivity (Wildman–Crippen MR) is 96.2 cm³/mol. The topological polar surface area (TPSA) is 39.5 Å². The molecule has 0 N–H and O–H groups in total. The lowest BCUT2D eigenvalue weighted by atomic mass is 10.1. The van der Waals surface area contributed by atoms with E-state index in [0.717, 1.165) is 45.7 Å². The Bertz CT molecular complexity index is 632. The third-order valence-electron chi connectivity index (χ3n) is 5.30. The van der Waals surface area contributed by atoms with Crippen molar-refractivity contribution in [2.24, 2.45) is 0 Å². The third kappa shape index (κ3) is 4.11. The second-order valence-corrected chi connectivity index (χ2v) is 6.97. The Morgan fingerprint density at radius 2 is 2.08 bits per heavy atom. The van der Waals surface area contributed by atoms with Gasteiger partial charge in [0.2, 0.25) is 0 Å². The molecule has 5 heteroatoms. The van der Waals surface area contributed by atoms with Gasteiger partial charge in [0.1, 0.15) is 0 Å². The van der Waals surface area contributed by atoms with E-state index in [-0.39, 0.29) is 12.2 Å². The summed E-state index contributed by atoms with van der Waals surface area (Å²) >= 11 is 0. The molecule has 4 rings (SSSR count). The standard InChI is InChI=1S/C20H27N3O2/c1-2-6-17(7-3-1)16-22-13-15-25-20-18(22)8-9-19(20)24-14-5-12-23-11-4-10-21-23/h1-4,6-7,10-11,18-20H,5,8-9,12-16H2/t18-,19-,20+/m1/s1. The van der Waals surface area contributed by atoms with Crippen molar-refractivity contribution in [1.29, 1.82) is 0 Å². The van der Waals surface area contributed by atoms with Crippen LogP contribution in [0.25, 0.3) is 0 Å². The number of aryl methyl sites for hydroxylation is 1. The summed E-state index contributed by atoms with van der Waals surface area (Å²) in [5, 5.41) is 4.23. The van der Waals surface area contributed by atoms with Gasteiger partial charge in [-0.1, -0.05) is 30.3 Å². The maximum atomic E-state index is 6.18. The Hall–Kier alpha value is -1.69. The molecule has 2 aliphatic rings. The minimum absolute atomic E-state index is 0.224. The molecule has 5 nitrogen and oxygen atoms in total. The summed E-state index contributed by atoms with van der Waals surface area (Å²) in [4.78, 5) is 2.58. The van der Waals surface area contributed by atoms with E-state index in [1.54, 1.807) is 0 Å². The molecule has 1 aliphatic carbocycles. The lowest BCUT2D eigenvalue weighted by molar-refractivity contribution is -0.115. The summed E-state index contributed by atoms with van der Waals surface area (Å²) in [7, 11) is 0. The Morgan fingerprint density at radius 1 is 1.16 bits per heavy atom. The van der Waals surface area contributed by atoms with Crippen molar-refractivity contribution in [3.05, 3.63) is 54.4 Å². The molecule has 1 aromatic heterocycles. The molecular formula is C20H27N3O2. The second-order valence-electron chi connectivity index (χ2n) is 6.97. The zero-order valence-corrected chi connectivity index (χ0v) is 14.7. The lowest BCUT2D eigenvalue weighted by Crippen LogP contribution is -2.51. The van der Waals surface area contributed by atoms with Crippen LogP contribution in [-0.2, 0) is 22.6 Å². The smallest absolute Gasteiger partial charge is 0.0992 e. The average molecular weight is 341 g/mol. The molecule has 0 spiro atoms. The largest absolute Gasteiger partial charge is 0.375 e. The zero-order valence-electron chi connectivity index (χ0n) is 14.7. The quantitative estimate of drug-likeness (QED) is 0.726. The molecule has 2 heterocycles. The van der Waals surface area contributed by atoms with E-state index in [1.807, 2.05) is 23.1 Å². The van der Waals surface area contributed by atoms with Crippen molar-refractivity contribution >= 4 is 0 Å².